The normalized spacial score (nSPS) is 12.8. The molecule has 0 aliphatic carbocycles. The van der Waals surface area contributed by atoms with Crippen molar-refractivity contribution in [3.63, 3.8) is 0 Å². The van der Waals surface area contributed by atoms with Crippen molar-refractivity contribution in [3.05, 3.63) is 18.0 Å². The van der Waals surface area contributed by atoms with Gasteiger partial charge < -0.3 is 5.32 Å². The fourth-order valence-electron chi connectivity index (χ4n) is 0.976. The number of hydrogen-bond donors (Lipinski definition) is 1. The molecule has 1 aromatic rings. The molecule has 0 unspecified atom stereocenters. The van der Waals surface area contributed by atoms with Crippen molar-refractivity contribution in [2.24, 2.45) is 0 Å². The van der Waals surface area contributed by atoms with E-state index in [1.807, 2.05) is 18.6 Å². The molecule has 0 aliphatic rings. The third kappa shape index (κ3) is 3.64. The Hall–Kier alpha value is -0.610. The predicted octanol–water partition coefficient (Wildman–Crippen LogP) is 2.09. The van der Waals surface area contributed by atoms with Crippen molar-refractivity contribution in [1.82, 2.24) is 15.3 Å². The van der Waals surface area contributed by atoms with Crippen molar-refractivity contribution in [2.75, 3.05) is 6.26 Å². The first-order valence-corrected chi connectivity index (χ1v) is 6.07. The maximum atomic E-state index is 4.21. The third-order valence-electron chi connectivity index (χ3n) is 2.13. The van der Waals surface area contributed by atoms with E-state index in [0.717, 1.165) is 23.7 Å². The lowest BCUT2D eigenvalue weighted by Gasteiger charge is -2.10. The van der Waals surface area contributed by atoms with Gasteiger partial charge in [0.05, 0.1) is 0 Å². The average Bonchev–Trinajstić information content (AvgIpc) is 2.26. The Kier molecular flexibility index (Phi) is 4.90. The molecule has 0 saturated carbocycles. The van der Waals surface area contributed by atoms with Gasteiger partial charge in [-0.05, 0) is 19.6 Å². The zero-order valence-electron chi connectivity index (χ0n) is 8.95. The van der Waals surface area contributed by atoms with Crippen LogP contribution in [0.2, 0.25) is 0 Å². The lowest BCUT2D eigenvalue weighted by Crippen LogP contribution is -2.24. The summed E-state index contributed by atoms with van der Waals surface area (Å²) in [4.78, 5) is 8.43. The Balaban J connectivity index is 2.43. The average molecular weight is 211 g/mol. The molecule has 14 heavy (non-hydrogen) atoms. The largest absolute Gasteiger partial charge is 0.310 e. The molecule has 4 heteroatoms. The number of thioether (sulfide) groups is 1. The lowest BCUT2D eigenvalue weighted by molar-refractivity contribution is 0.532. The molecule has 1 N–H and O–H groups in total. The van der Waals surface area contributed by atoms with Gasteiger partial charge in [-0.2, -0.15) is 0 Å². The summed E-state index contributed by atoms with van der Waals surface area (Å²) in [6, 6.07) is 0.551. The summed E-state index contributed by atoms with van der Waals surface area (Å²) in [6.07, 6.45) is 6.89. The second kappa shape index (κ2) is 5.98. The number of rotatable bonds is 5. The zero-order valence-corrected chi connectivity index (χ0v) is 9.77. The standard InChI is InChI=1S/C10H17N3S/c1-4-8(2)11-5-9-6-12-10(14-3)13-7-9/h6-8,11H,4-5H2,1-3H3/t8-/m1/s1. The molecule has 0 spiro atoms. The molecular formula is C10H17N3S. The van der Waals surface area contributed by atoms with Crippen LogP contribution in [0.4, 0.5) is 0 Å². The van der Waals surface area contributed by atoms with Crippen LogP contribution in [-0.2, 0) is 6.54 Å². The predicted molar refractivity (Wildman–Crippen MR) is 60.4 cm³/mol. The topological polar surface area (TPSA) is 37.8 Å². The van der Waals surface area contributed by atoms with Gasteiger partial charge >= 0.3 is 0 Å². The van der Waals surface area contributed by atoms with E-state index >= 15 is 0 Å². The highest BCUT2D eigenvalue weighted by Gasteiger charge is 1.99. The van der Waals surface area contributed by atoms with Gasteiger partial charge in [-0.3, -0.25) is 0 Å². The van der Waals surface area contributed by atoms with Crippen LogP contribution >= 0.6 is 11.8 Å². The second-order valence-corrected chi connectivity index (χ2v) is 4.04. The molecule has 0 aromatic carbocycles. The van der Waals surface area contributed by atoms with E-state index in [4.69, 9.17) is 0 Å². The van der Waals surface area contributed by atoms with E-state index in [1.165, 1.54) is 0 Å². The molecule has 0 bridgehead atoms. The van der Waals surface area contributed by atoms with E-state index in [9.17, 15) is 0 Å². The Bertz CT molecular complexity index is 261. The Morgan fingerprint density at radius 2 is 2.07 bits per heavy atom. The first kappa shape index (κ1) is 11.5. The van der Waals surface area contributed by atoms with E-state index in [2.05, 4.69) is 29.1 Å². The Morgan fingerprint density at radius 1 is 1.43 bits per heavy atom. The summed E-state index contributed by atoms with van der Waals surface area (Å²) in [5, 5.41) is 4.23. The van der Waals surface area contributed by atoms with Crippen LogP contribution in [0.15, 0.2) is 17.6 Å². The molecule has 1 rings (SSSR count). The van der Waals surface area contributed by atoms with Crippen molar-refractivity contribution >= 4 is 11.8 Å². The molecule has 3 nitrogen and oxygen atoms in total. The highest BCUT2D eigenvalue weighted by Crippen LogP contribution is 2.06. The summed E-state index contributed by atoms with van der Waals surface area (Å²) in [5.41, 5.74) is 1.14. The lowest BCUT2D eigenvalue weighted by atomic mass is 10.2. The number of aromatic nitrogens is 2. The fraction of sp³-hybridized carbons (Fsp3) is 0.600. The van der Waals surface area contributed by atoms with Gasteiger partial charge in [0.25, 0.3) is 0 Å². The van der Waals surface area contributed by atoms with Crippen LogP contribution in [0, 0.1) is 0 Å². The monoisotopic (exact) mass is 211 g/mol. The summed E-state index contributed by atoms with van der Waals surface area (Å²) in [5.74, 6) is 0. The molecule has 0 amide bonds. The quantitative estimate of drug-likeness (QED) is 0.598. The van der Waals surface area contributed by atoms with E-state index in [1.54, 1.807) is 11.8 Å². The molecule has 1 atom stereocenters. The molecular weight excluding hydrogens is 194 g/mol. The van der Waals surface area contributed by atoms with Crippen molar-refractivity contribution in [2.45, 2.75) is 38.0 Å². The van der Waals surface area contributed by atoms with Crippen LogP contribution in [-0.4, -0.2) is 22.3 Å². The van der Waals surface area contributed by atoms with Crippen LogP contribution in [0.5, 0.6) is 0 Å². The van der Waals surface area contributed by atoms with Crippen LogP contribution < -0.4 is 5.32 Å². The summed E-state index contributed by atoms with van der Waals surface area (Å²) < 4.78 is 0. The van der Waals surface area contributed by atoms with E-state index in [-0.39, 0.29) is 0 Å². The van der Waals surface area contributed by atoms with Crippen molar-refractivity contribution < 1.29 is 0 Å². The Morgan fingerprint density at radius 3 is 2.57 bits per heavy atom. The smallest absolute Gasteiger partial charge is 0.187 e. The highest BCUT2D eigenvalue weighted by atomic mass is 32.2. The van der Waals surface area contributed by atoms with E-state index in [0.29, 0.717) is 6.04 Å². The summed E-state index contributed by atoms with van der Waals surface area (Å²) >= 11 is 1.56. The van der Waals surface area contributed by atoms with Gasteiger partial charge in [0.15, 0.2) is 5.16 Å². The molecule has 0 saturated heterocycles. The van der Waals surface area contributed by atoms with Crippen molar-refractivity contribution in [1.29, 1.82) is 0 Å². The molecule has 0 radical (unpaired) electrons. The summed E-state index contributed by atoms with van der Waals surface area (Å²) in [6.45, 7) is 5.20. The molecule has 0 aliphatic heterocycles. The minimum atomic E-state index is 0.551. The molecule has 1 aromatic heterocycles. The minimum absolute atomic E-state index is 0.551. The minimum Gasteiger partial charge on any atom is -0.310 e. The van der Waals surface area contributed by atoms with Gasteiger partial charge in [-0.1, -0.05) is 18.7 Å². The maximum Gasteiger partial charge on any atom is 0.187 e. The van der Waals surface area contributed by atoms with E-state index < -0.39 is 0 Å². The van der Waals surface area contributed by atoms with Crippen LogP contribution in [0.25, 0.3) is 0 Å². The van der Waals surface area contributed by atoms with Gasteiger partial charge in [-0.15, -0.1) is 0 Å². The van der Waals surface area contributed by atoms with Crippen LogP contribution in [0.1, 0.15) is 25.8 Å². The van der Waals surface area contributed by atoms with Gasteiger partial charge in [-0.25, -0.2) is 9.97 Å². The second-order valence-electron chi connectivity index (χ2n) is 3.27. The molecule has 78 valence electrons. The van der Waals surface area contributed by atoms with Crippen LogP contribution in [0.3, 0.4) is 0 Å². The maximum absolute atomic E-state index is 4.21. The van der Waals surface area contributed by atoms with Gasteiger partial charge in [0.2, 0.25) is 0 Å². The summed E-state index contributed by atoms with van der Waals surface area (Å²) in [7, 11) is 0. The first-order chi connectivity index (χ1) is 6.76. The fourth-order valence-corrected chi connectivity index (χ4v) is 1.29. The number of nitrogens with one attached hydrogen (secondary N) is 1. The third-order valence-corrected chi connectivity index (χ3v) is 2.71. The Labute approximate surface area is 89.7 Å². The highest BCUT2D eigenvalue weighted by molar-refractivity contribution is 7.98. The number of hydrogen-bond acceptors (Lipinski definition) is 4. The number of nitrogens with zero attached hydrogens (tertiary/aromatic N) is 2. The zero-order chi connectivity index (χ0) is 10.4. The SMILES string of the molecule is CC[C@@H](C)NCc1cnc(SC)nc1. The van der Waals surface area contributed by atoms with Gasteiger partial charge in [0.1, 0.15) is 0 Å². The molecule has 1 heterocycles. The first-order valence-electron chi connectivity index (χ1n) is 4.84. The molecule has 0 fully saturated rings. The van der Waals surface area contributed by atoms with Crippen molar-refractivity contribution in [3.8, 4) is 0 Å². The van der Waals surface area contributed by atoms with Gasteiger partial charge in [0, 0.05) is 30.5 Å².